The van der Waals surface area contributed by atoms with E-state index in [-0.39, 0.29) is 17.4 Å². The van der Waals surface area contributed by atoms with Crippen molar-refractivity contribution in [1.29, 1.82) is 0 Å². The fourth-order valence-electron chi connectivity index (χ4n) is 2.28. The van der Waals surface area contributed by atoms with Crippen molar-refractivity contribution >= 4 is 29.1 Å². The van der Waals surface area contributed by atoms with Gasteiger partial charge in [0, 0.05) is 22.9 Å². The van der Waals surface area contributed by atoms with Gasteiger partial charge in [0.2, 0.25) is 5.95 Å². The Morgan fingerprint density at radius 3 is 2.46 bits per heavy atom. The monoisotopic (exact) mass is 370 g/mol. The lowest BCUT2D eigenvalue weighted by Gasteiger charge is -2.09. The van der Waals surface area contributed by atoms with E-state index in [1.807, 2.05) is 0 Å². The molecule has 0 unspecified atom stereocenters. The number of hydrogen-bond acceptors (Lipinski definition) is 4. The molecule has 3 aromatic rings. The van der Waals surface area contributed by atoms with Gasteiger partial charge in [-0.2, -0.15) is 0 Å². The molecule has 132 valence electrons. The van der Waals surface area contributed by atoms with Crippen molar-refractivity contribution in [3.8, 4) is 0 Å². The molecule has 2 aromatic carbocycles. The molecule has 0 fully saturated rings. The van der Waals surface area contributed by atoms with Gasteiger partial charge in [-0.15, -0.1) is 0 Å². The maximum absolute atomic E-state index is 12.9. The van der Waals surface area contributed by atoms with Gasteiger partial charge in [-0.05, 0) is 55.0 Å². The number of nitrogens with zero attached hydrogens (tertiary/aromatic N) is 2. The SMILES string of the molecule is Cc1cc(C(=O)Nc2ccc(Cl)cc2)nc(NCc2ccc(F)cc2)n1. The standard InChI is InChI=1S/C19H16ClFN4O/c1-12-10-17(18(26)24-16-8-4-14(20)5-9-16)25-19(23-12)22-11-13-2-6-15(21)7-3-13/h2-10H,11H2,1H3,(H,24,26)(H,22,23,25). The van der Waals surface area contributed by atoms with E-state index in [2.05, 4.69) is 20.6 Å². The van der Waals surface area contributed by atoms with Crippen LogP contribution < -0.4 is 10.6 Å². The molecule has 0 bridgehead atoms. The van der Waals surface area contributed by atoms with E-state index in [4.69, 9.17) is 11.6 Å². The number of anilines is 2. The van der Waals surface area contributed by atoms with Gasteiger partial charge in [0.25, 0.3) is 5.91 Å². The van der Waals surface area contributed by atoms with Crippen molar-refractivity contribution < 1.29 is 9.18 Å². The van der Waals surface area contributed by atoms with Gasteiger partial charge >= 0.3 is 0 Å². The molecule has 0 aliphatic rings. The van der Waals surface area contributed by atoms with Crippen molar-refractivity contribution in [1.82, 2.24) is 9.97 Å². The van der Waals surface area contributed by atoms with E-state index in [1.54, 1.807) is 49.4 Å². The largest absolute Gasteiger partial charge is 0.350 e. The molecule has 0 radical (unpaired) electrons. The Labute approximate surface area is 155 Å². The van der Waals surface area contributed by atoms with Crippen LogP contribution in [0.1, 0.15) is 21.7 Å². The maximum atomic E-state index is 12.9. The number of aromatic nitrogens is 2. The van der Waals surface area contributed by atoms with E-state index in [9.17, 15) is 9.18 Å². The lowest BCUT2D eigenvalue weighted by molar-refractivity contribution is 0.102. The van der Waals surface area contributed by atoms with E-state index < -0.39 is 0 Å². The molecule has 2 N–H and O–H groups in total. The van der Waals surface area contributed by atoms with Crippen molar-refractivity contribution in [2.75, 3.05) is 10.6 Å². The number of hydrogen-bond donors (Lipinski definition) is 2. The fourth-order valence-corrected chi connectivity index (χ4v) is 2.40. The summed E-state index contributed by atoms with van der Waals surface area (Å²) < 4.78 is 12.9. The zero-order chi connectivity index (χ0) is 18.5. The molecule has 0 saturated carbocycles. The van der Waals surface area contributed by atoms with Crippen LogP contribution in [-0.4, -0.2) is 15.9 Å². The van der Waals surface area contributed by atoms with Crippen molar-refractivity contribution in [2.45, 2.75) is 13.5 Å². The second-order valence-corrected chi connectivity index (χ2v) is 6.10. The minimum absolute atomic E-state index is 0.244. The minimum Gasteiger partial charge on any atom is -0.350 e. The third-order valence-electron chi connectivity index (χ3n) is 3.55. The summed E-state index contributed by atoms with van der Waals surface area (Å²) in [5.41, 5.74) is 2.40. The van der Waals surface area contributed by atoms with Gasteiger partial charge in [0.1, 0.15) is 11.5 Å². The molecule has 0 spiro atoms. The first kappa shape index (κ1) is 17.8. The van der Waals surface area contributed by atoms with E-state index in [1.165, 1.54) is 12.1 Å². The normalized spacial score (nSPS) is 10.4. The second kappa shape index (κ2) is 7.93. The Morgan fingerprint density at radius 2 is 1.77 bits per heavy atom. The Kier molecular flexibility index (Phi) is 5.43. The summed E-state index contributed by atoms with van der Waals surface area (Å²) in [6.45, 7) is 2.20. The van der Waals surface area contributed by atoms with Crippen molar-refractivity contribution in [3.05, 3.63) is 82.4 Å². The zero-order valence-electron chi connectivity index (χ0n) is 14.0. The number of carbonyl (C=O) groups excluding carboxylic acids is 1. The summed E-state index contributed by atoms with van der Waals surface area (Å²) in [6, 6.07) is 14.5. The molecule has 26 heavy (non-hydrogen) atoms. The third-order valence-corrected chi connectivity index (χ3v) is 3.80. The number of carbonyl (C=O) groups is 1. The predicted octanol–water partition coefficient (Wildman–Crippen LogP) is 4.44. The first-order valence-corrected chi connectivity index (χ1v) is 8.28. The topological polar surface area (TPSA) is 66.9 Å². The van der Waals surface area contributed by atoms with Crippen molar-refractivity contribution in [3.63, 3.8) is 0 Å². The van der Waals surface area contributed by atoms with Crippen LogP contribution in [0.5, 0.6) is 0 Å². The van der Waals surface area contributed by atoms with E-state index in [0.717, 1.165) is 5.56 Å². The van der Waals surface area contributed by atoms with Gasteiger partial charge in [0.05, 0.1) is 0 Å². The summed E-state index contributed by atoms with van der Waals surface area (Å²) in [4.78, 5) is 20.9. The highest BCUT2D eigenvalue weighted by atomic mass is 35.5. The number of halogens is 2. The highest BCUT2D eigenvalue weighted by Crippen LogP contribution is 2.15. The molecular weight excluding hydrogens is 355 g/mol. The fraction of sp³-hybridized carbons (Fsp3) is 0.105. The van der Waals surface area contributed by atoms with Gasteiger partial charge in [-0.1, -0.05) is 23.7 Å². The molecule has 1 heterocycles. The Morgan fingerprint density at radius 1 is 1.08 bits per heavy atom. The van der Waals surface area contributed by atoms with Crippen LogP contribution in [-0.2, 0) is 6.54 Å². The smallest absolute Gasteiger partial charge is 0.274 e. The summed E-state index contributed by atoms with van der Waals surface area (Å²) in [7, 11) is 0. The summed E-state index contributed by atoms with van der Waals surface area (Å²) in [5.74, 6) is -0.306. The van der Waals surface area contributed by atoms with Crippen LogP contribution in [0.4, 0.5) is 16.0 Å². The molecule has 0 aliphatic heterocycles. The number of amides is 1. The van der Waals surface area contributed by atoms with Gasteiger partial charge in [-0.3, -0.25) is 4.79 Å². The summed E-state index contributed by atoms with van der Waals surface area (Å²) >= 11 is 5.84. The summed E-state index contributed by atoms with van der Waals surface area (Å²) in [6.07, 6.45) is 0. The highest BCUT2D eigenvalue weighted by molar-refractivity contribution is 6.30. The Balaban J connectivity index is 1.71. The Hall–Kier alpha value is -2.99. The average Bonchev–Trinajstić information content (AvgIpc) is 2.63. The van der Waals surface area contributed by atoms with Gasteiger partial charge < -0.3 is 10.6 Å². The molecule has 1 aromatic heterocycles. The molecule has 0 atom stereocenters. The first-order chi connectivity index (χ1) is 12.5. The average molecular weight is 371 g/mol. The predicted molar refractivity (Wildman–Crippen MR) is 99.9 cm³/mol. The lowest BCUT2D eigenvalue weighted by atomic mass is 10.2. The van der Waals surface area contributed by atoms with Crippen LogP contribution in [0.15, 0.2) is 54.6 Å². The van der Waals surface area contributed by atoms with Gasteiger partial charge in [-0.25, -0.2) is 14.4 Å². The molecular formula is C19H16ClFN4O. The molecule has 0 saturated heterocycles. The highest BCUT2D eigenvalue weighted by Gasteiger charge is 2.11. The molecule has 3 rings (SSSR count). The van der Waals surface area contributed by atoms with Crippen LogP contribution in [0.3, 0.4) is 0 Å². The molecule has 7 heteroatoms. The summed E-state index contributed by atoms with van der Waals surface area (Å²) in [5, 5.41) is 6.40. The number of nitrogens with one attached hydrogen (secondary N) is 2. The molecule has 5 nitrogen and oxygen atoms in total. The number of rotatable bonds is 5. The van der Waals surface area contributed by atoms with Gasteiger partial charge in [0.15, 0.2) is 0 Å². The Bertz CT molecular complexity index is 914. The van der Waals surface area contributed by atoms with Crippen LogP contribution in [0, 0.1) is 12.7 Å². The lowest BCUT2D eigenvalue weighted by Crippen LogP contribution is -2.16. The quantitative estimate of drug-likeness (QED) is 0.696. The first-order valence-electron chi connectivity index (χ1n) is 7.90. The minimum atomic E-state index is -0.345. The molecule has 1 amide bonds. The number of benzene rings is 2. The van der Waals surface area contributed by atoms with E-state index in [0.29, 0.717) is 28.9 Å². The van der Waals surface area contributed by atoms with Crippen LogP contribution >= 0.6 is 11.6 Å². The van der Waals surface area contributed by atoms with Crippen LogP contribution in [0.2, 0.25) is 5.02 Å². The van der Waals surface area contributed by atoms with Crippen LogP contribution in [0.25, 0.3) is 0 Å². The molecule has 0 aliphatic carbocycles. The van der Waals surface area contributed by atoms with E-state index >= 15 is 0 Å². The number of aryl methyl sites for hydroxylation is 1. The van der Waals surface area contributed by atoms with Crippen molar-refractivity contribution in [2.24, 2.45) is 0 Å². The maximum Gasteiger partial charge on any atom is 0.274 e. The second-order valence-electron chi connectivity index (χ2n) is 5.66. The third kappa shape index (κ3) is 4.77. The zero-order valence-corrected chi connectivity index (χ0v) is 14.7.